The van der Waals surface area contributed by atoms with Crippen molar-refractivity contribution in [2.24, 2.45) is 20.5 Å². The van der Waals surface area contributed by atoms with Crippen LogP contribution in [0.15, 0.2) is 88.6 Å². The van der Waals surface area contributed by atoms with Crippen LogP contribution in [0.2, 0.25) is 0 Å². The van der Waals surface area contributed by atoms with Crippen molar-refractivity contribution in [2.75, 3.05) is 58.1 Å². The highest BCUT2D eigenvalue weighted by atomic mass is 32.3. The first-order chi connectivity index (χ1) is 23.4. The van der Waals surface area contributed by atoms with Crippen LogP contribution >= 0.6 is 12.0 Å². The molecule has 3 aromatic rings. The fraction of sp³-hybridized carbons (Fsp3) is 0.280. The lowest BCUT2D eigenvalue weighted by molar-refractivity contribution is -0.871. The van der Waals surface area contributed by atoms with Gasteiger partial charge in [0.2, 0.25) is 0 Å². The Bertz CT molecular complexity index is 2260. The van der Waals surface area contributed by atoms with E-state index in [0.717, 1.165) is 30.2 Å². The number of azo groups is 2. The standard InChI is InChI=1S/C25H31N7O14S5/c1-32(2,3)10-11-44-46-47-17-6-4-16(5-7-17)28-30-20-15-22(50(38,39)40)24(27)25(23(20)26)31-29-19-9-8-18(14-21(19)49(35,36)37)48(33,34)13-12-45-51(41,42)43/h4-9,14-15H,10-13,26-27H2,1-3H3,(H2-,35,36,37,38,39,40,41,42,43)/p+1. The highest BCUT2D eigenvalue weighted by Crippen LogP contribution is 2.43. The predicted molar refractivity (Wildman–Crippen MR) is 181 cm³/mol. The predicted octanol–water partition coefficient (Wildman–Crippen LogP) is 3.43. The van der Waals surface area contributed by atoms with Crippen molar-refractivity contribution < 1.29 is 65.2 Å². The minimum Gasteiger partial charge on any atom is -0.396 e. The maximum Gasteiger partial charge on any atom is 0.397 e. The van der Waals surface area contributed by atoms with Crippen LogP contribution < -0.4 is 11.5 Å². The molecule has 0 amide bonds. The van der Waals surface area contributed by atoms with Crippen molar-refractivity contribution in [2.45, 2.75) is 19.6 Å². The maximum absolute atomic E-state index is 12.6. The van der Waals surface area contributed by atoms with Gasteiger partial charge in [0.25, 0.3) is 20.2 Å². The Morgan fingerprint density at radius 1 is 0.725 bits per heavy atom. The van der Waals surface area contributed by atoms with Gasteiger partial charge in [-0.3, -0.25) is 13.7 Å². The molecule has 0 atom stereocenters. The van der Waals surface area contributed by atoms with Gasteiger partial charge in [-0.15, -0.1) is 15.3 Å². The largest absolute Gasteiger partial charge is 0.397 e. The topological polar surface area (TPSA) is 326 Å². The molecule has 0 aliphatic rings. The summed E-state index contributed by atoms with van der Waals surface area (Å²) in [5.74, 6) is -1.03. The summed E-state index contributed by atoms with van der Waals surface area (Å²) in [7, 11) is -13.7. The third kappa shape index (κ3) is 12.8. The van der Waals surface area contributed by atoms with E-state index in [1.165, 1.54) is 12.1 Å². The summed E-state index contributed by atoms with van der Waals surface area (Å²) in [5, 5.41) is 15.3. The number of quaternary nitrogens is 1. The van der Waals surface area contributed by atoms with E-state index in [1.807, 2.05) is 21.1 Å². The summed E-state index contributed by atoms with van der Waals surface area (Å²) in [5.41, 5.74) is 9.40. The summed E-state index contributed by atoms with van der Waals surface area (Å²) in [4.78, 5) is 3.02. The molecule has 0 bridgehead atoms. The highest BCUT2D eigenvalue weighted by molar-refractivity contribution is 7.94. The SMILES string of the molecule is C[N+](C)(C)CCOOSc1ccc(N=Nc2cc(S(=O)(=O)O)c(N)c(N=Nc3ccc(S(=O)(=O)CCOS(=O)(=O)O)cc3S(=O)(=O)O)c2N)cc1. The van der Waals surface area contributed by atoms with E-state index in [1.54, 1.807) is 12.1 Å². The fourth-order valence-electron chi connectivity index (χ4n) is 3.60. The number of benzene rings is 3. The molecule has 280 valence electrons. The van der Waals surface area contributed by atoms with Gasteiger partial charge in [0.1, 0.15) is 40.0 Å². The number of sulfone groups is 1. The molecule has 0 unspecified atom stereocenters. The Morgan fingerprint density at radius 2 is 1.33 bits per heavy atom. The Labute approximate surface area is 297 Å². The lowest BCUT2D eigenvalue weighted by atomic mass is 10.2. The van der Waals surface area contributed by atoms with Crippen LogP contribution in [0, 0.1) is 0 Å². The molecule has 26 heteroatoms. The van der Waals surface area contributed by atoms with Gasteiger partial charge < -0.3 is 16.0 Å². The van der Waals surface area contributed by atoms with E-state index in [0.29, 0.717) is 28.6 Å². The minimum atomic E-state index is -5.21. The second-order valence-corrected chi connectivity index (χ2v) is 17.9. The van der Waals surface area contributed by atoms with Gasteiger partial charge in [0.15, 0.2) is 9.84 Å². The van der Waals surface area contributed by atoms with Crippen LogP contribution in [0.1, 0.15) is 0 Å². The monoisotopic (exact) mass is 814 g/mol. The average molecular weight is 815 g/mol. The van der Waals surface area contributed by atoms with Gasteiger partial charge >= 0.3 is 10.4 Å². The maximum atomic E-state index is 12.6. The number of nitrogens with two attached hydrogens (primary N) is 2. The molecule has 0 aliphatic carbocycles. The molecule has 51 heavy (non-hydrogen) atoms. The third-order valence-electron chi connectivity index (χ3n) is 6.14. The molecule has 3 aromatic carbocycles. The first-order valence-corrected chi connectivity index (χ1v) is 20.4. The van der Waals surface area contributed by atoms with E-state index in [9.17, 15) is 42.8 Å². The molecule has 0 aromatic heterocycles. The molecular weight excluding hydrogens is 783 g/mol. The molecule has 0 radical (unpaired) electrons. The zero-order chi connectivity index (χ0) is 38.4. The Hall–Kier alpha value is -3.67. The smallest absolute Gasteiger partial charge is 0.396 e. The second kappa shape index (κ2) is 16.3. The van der Waals surface area contributed by atoms with Crippen LogP contribution in [-0.2, 0) is 53.9 Å². The highest BCUT2D eigenvalue weighted by Gasteiger charge is 2.25. The summed E-state index contributed by atoms with van der Waals surface area (Å²) in [6.45, 7) is 0.0416. The number of hydrogen-bond donors (Lipinski definition) is 5. The fourth-order valence-corrected chi connectivity index (χ4v) is 6.91. The molecule has 0 saturated heterocycles. The first-order valence-electron chi connectivity index (χ1n) is 13.7. The number of rotatable bonds is 17. The average Bonchev–Trinajstić information content (AvgIpc) is 2.98. The third-order valence-corrected chi connectivity index (χ3v) is 10.7. The zero-order valence-electron chi connectivity index (χ0n) is 26.7. The van der Waals surface area contributed by atoms with Gasteiger partial charge in [0.05, 0.1) is 67.5 Å². The summed E-state index contributed by atoms with van der Waals surface area (Å²) in [6, 6.07) is 9.17. The molecule has 0 heterocycles. The molecule has 21 nitrogen and oxygen atoms in total. The first kappa shape index (κ1) is 41.7. The lowest BCUT2D eigenvalue weighted by Crippen LogP contribution is -2.37. The summed E-state index contributed by atoms with van der Waals surface area (Å²) in [6.07, 6.45) is 0. The van der Waals surface area contributed by atoms with Crippen LogP contribution in [0.5, 0.6) is 0 Å². The molecule has 0 spiro atoms. The number of nitrogen functional groups attached to an aromatic ring is 2. The molecule has 7 N–H and O–H groups in total. The molecule has 0 fully saturated rings. The molecule has 0 aliphatic heterocycles. The van der Waals surface area contributed by atoms with E-state index < -0.39 is 90.3 Å². The van der Waals surface area contributed by atoms with E-state index in [2.05, 4.69) is 24.6 Å². The van der Waals surface area contributed by atoms with Crippen molar-refractivity contribution in [1.29, 1.82) is 0 Å². The second-order valence-electron chi connectivity index (χ2n) is 11.1. The number of nitrogens with zero attached hydrogens (tertiary/aromatic N) is 5. The summed E-state index contributed by atoms with van der Waals surface area (Å²) >= 11 is 0.947. The molecule has 0 saturated carbocycles. The van der Waals surface area contributed by atoms with Gasteiger partial charge in [-0.2, -0.15) is 34.7 Å². The van der Waals surface area contributed by atoms with Gasteiger partial charge in [-0.1, -0.05) is 0 Å². The van der Waals surface area contributed by atoms with Crippen LogP contribution in [0.25, 0.3) is 0 Å². The Morgan fingerprint density at radius 3 is 1.90 bits per heavy atom. The summed E-state index contributed by atoms with van der Waals surface area (Å²) < 4.78 is 133. The number of hydrogen-bond acceptors (Lipinski definition) is 18. The molecule has 3 rings (SSSR count). The van der Waals surface area contributed by atoms with Gasteiger partial charge in [-0.25, -0.2) is 17.5 Å². The van der Waals surface area contributed by atoms with E-state index >= 15 is 0 Å². The lowest BCUT2D eigenvalue weighted by Gasteiger charge is -2.22. The van der Waals surface area contributed by atoms with Crippen LogP contribution in [0.3, 0.4) is 0 Å². The van der Waals surface area contributed by atoms with Crippen molar-refractivity contribution in [3.05, 3.63) is 48.5 Å². The van der Waals surface area contributed by atoms with Crippen LogP contribution in [-0.4, -0.2) is 98.5 Å². The quantitative estimate of drug-likeness (QED) is 0.0190. The molecular formula is C25H32N7O14S5+. The van der Waals surface area contributed by atoms with Crippen LogP contribution in [0.4, 0.5) is 34.1 Å². The Balaban J connectivity index is 1.94. The van der Waals surface area contributed by atoms with Crippen molar-refractivity contribution in [1.82, 2.24) is 0 Å². The van der Waals surface area contributed by atoms with Crippen molar-refractivity contribution >= 4 is 86.6 Å². The van der Waals surface area contributed by atoms with E-state index in [4.69, 9.17) is 25.2 Å². The van der Waals surface area contributed by atoms with Gasteiger partial charge in [-0.05, 0) is 48.5 Å². The zero-order valence-corrected chi connectivity index (χ0v) is 30.8. The number of likely N-dealkylation sites (N-methyl/N-ethyl adjacent to an activating group) is 1. The van der Waals surface area contributed by atoms with E-state index in [-0.39, 0.29) is 11.4 Å². The van der Waals surface area contributed by atoms with Gasteiger partial charge in [0, 0.05) is 4.90 Å². The minimum absolute atomic E-state index is 0.260. The van der Waals surface area contributed by atoms with Crippen molar-refractivity contribution in [3.8, 4) is 0 Å². The van der Waals surface area contributed by atoms with Crippen molar-refractivity contribution in [3.63, 3.8) is 0 Å². The Kier molecular flexibility index (Phi) is 13.4. The number of anilines is 2. The normalized spacial score (nSPS) is 13.4.